The SMILES string of the molecule is C=C[C@@H]1C[C@@]12NC(=O)[C@@H]1C[C@@H](OC(=O)N3Cc4cccc(F)c4C3)CN1C(=O)[C@@H](NC(=O)N1CCN(CCF)CC1)CCCCCCCNc1ccccc1S(=O)(=O)NC2=O. The molecule has 3 fully saturated rings. The molecular weight excluding hydrogens is 815 g/mol. The Balaban J connectivity index is 1.15. The second-order valence-electron chi connectivity index (χ2n) is 16.4. The normalized spacial score (nSPS) is 27.4. The number of urea groups is 1. The van der Waals surface area contributed by atoms with Crippen molar-refractivity contribution in [2.75, 3.05) is 57.8 Å². The molecule has 1 aliphatic carbocycles. The topological polar surface area (TPSA) is 190 Å². The van der Waals surface area contributed by atoms with E-state index in [1.54, 1.807) is 35.2 Å². The van der Waals surface area contributed by atoms with Crippen LogP contribution in [0.3, 0.4) is 0 Å². The maximum absolute atomic E-state index is 14.7. The summed E-state index contributed by atoms with van der Waals surface area (Å²) in [5, 5.41) is 8.81. The van der Waals surface area contributed by atoms with Gasteiger partial charge in [-0.25, -0.2) is 31.5 Å². The zero-order valence-electron chi connectivity index (χ0n) is 34.1. The van der Waals surface area contributed by atoms with Gasteiger partial charge in [0.05, 0.1) is 18.8 Å². The van der Waals surface area contributed by atoms with E-state index in [1.807, 2.05) is 4.90 Å². The van der Waals surface area contributed by atoms with Gasteiger partial charge < -0.3 is 30.5 Å². The predicted molar refractivity (Wildman–Crippen MR) is 219 cm³/mol. The number of piperazine rings is 1. The van der Waals surface area contributed by atoms with Crippen molar-refractivity contribution in [2.24, 2.45) is 5.92 Å². The third-order valence-corrected chi connectivity index (χ3v) is 13.8. The largest absolute Gasteiger partial charge is 0.444 e. The van der Waals surface area contributed by atoms with Gasteiger partial charge in [-0.15, -0.1) is 6.58 Å². The van der Waals surface area contributed by atoms with E-state index in [1.165, 1.54) is 28.0 Å². The number of carbonyl (C=O) groups excluding carboxylic acids is 5. The standard InChI is InChI=1S/C42H54F2N8O8S/c1-2-29-24-42(29)39(55)48-61(58,59)36-15-8-7-13-33(36)45-17-9-5-3-4-6-14-34(46-40(56)50-21-19-49(18-16-43)20-22-50)38(54)52-26-30(23-35(52)37(53)47-42)60-41(57)51-25-28-11-10-12-32(44)31(28)27-51/h2,7-8,10-13,15,29-30,34-35,45H,1,3-6,9,14,16-27H2,(H,46,56)(H,47,53)(H,48,55)/t29-,30-,34+,35+,42-/m1/s1. The van der Waals surface area contributed by atoms with Gasteiger partial charge in [0.15, 0.2) is 0 Å². The fourth-order valence-electron chi connectivity index (χ4n) is 8.77. The number of ether oxygens (including phenoxy) is 1. The highest BCUT2D eigenvalue weighted by molar-refractivity contribution is 7.90. The van der Waals surface area contributed by atoms with Crippen LogP contribution in [0.15, 0.2) is 60.0 Å². The molecule has 0 unspecified atom stereocenters. The summed E-state index contributed by atoms with van der Waals surface area (Å²) in [7, 11) is -4.43. The van der Waals surface area contributed by atoms with Crippen molar-refractivity contribution in [3.05, 3.63) is 72.1 Å². The molecule has 19 heteroatoms. The van der Waals surface area contributed by atoms with Gasteiger partial charge >= 0.3 is 12.1 Å². The molecule has 4 N–H and O–H groups in total. The zero-order valence-corrected chi connectivity index (χ0v) is 34.9. The quantitative estimate of drug-likeness (QED) is 0.325. The molecule has 1 spiro atoms. The summed E-state index contributed by atoms with van der Waals surface area (Å²) in [5.41, 5.74) is -0.400. The first-order chi connectivity index (χ1) is 29.3. The van der Waals surface area contributed by atoms with E-state index in [-0.39, 0.29) is 50.3 Å². The molecule has 4 heterocycles. The maximum Gasteiger partial charge on any atom is 0.410 e. The highest BCUT2D eigenvalue weighted by Crippen LogP contribution is 2.45. The van der Waals surface area contributed by atoms with Crippen molar-refractivity contribution in [2.45, 2.75) is 93.1 Å². The molecular formula is C42H54F2N8O8S. The molecule has 5 atom stereocenters. The van der Waals surface area contributed by atoms with Gasteiger partial charge in [0, 0.05) is 63.7 Å². The molecule has 6 amide bonds. The van der Waals surface area contributed by atoms with Crippen molar-refractivity contribution in [3.8, 4) is 0 Å². The number of hydrogen-bond donors (Lipinski definition) is 4. The van der Waals surface area contributed by atoms with Crippen molar-refractivity contribution in [1.29, 1.82) is 0 Å². The van der Waals surface area contributed by atoms with E-state index in [2.05, 4.69) is 27.3 Å². The van der Waals surface area contributed by atoms with E-state index in [9.17, 15) is 41.2 Å². The summed E-state index contributed by atoms with van der Waals surface area (Å²) in [6.07, 6.45) is 3.31. The van der Waals surface area contributed by atoms with E-state index in [4.69, 9.17) is 4.74 Å². The zero-order chi connectivity index (χ0) is 43.3. The van der Waals surface area contributed by atoms with E-state index < -0.39 is 82.0 Å². The number of amides is 6. The highest BCUT2D eigenvalue weighted by Gasteiger charge is 2.61. The number of hydrogen-bond acceptors (Lipinski definition) is 10. The first-order valence-electron chi connectivity index (χ1n) is 21.0. The fraction of sp³-hybridized carbons (Fsp3) is 0.548. The maximum atomic E-state index is 14.7. The minimum Gasteiger partial charge on any atom is -0.444 e. The first kappa shape index (κ1) is 43.8. The third-order valence-electron chi connectivity index (χ3n) is 12.4. The van der Waals surface area contributed by atoms with Crippen molar-refractivity contribution in [1.82, 2.24) is 35.0 Å². The molecule has 0 bridgehead atoms. The number of fused-ring (bicyclic) bond motifs is 3. The number of para-hydroxylation sites is 1. The molecule has 61 heavy (non-hydrogen) atoms. The van der Waals surface area contributed by atoms with Crippen LogP contribution in [-0.2, 0) is 42.2 Å². The van der Waals surface area contributed by atoms with Crippen LogP contribution in [0.4, 0.5) is 24.1 Å². The van der Waals surface area contributed by atoms with Crippen LogP contribution in [0.1, 0.15) is 62.5 Å². The number of nitrogens with zero attached hydrogens (tertiary/aromatic N) is 4. The molecule has 5 aliphatic rings. The number of sulfonamides is 1. The molecule has 2 aromatic rings. The summed E-state index contributed by atoms with van der Waals surface area (Å²) in [6.45, 7) is 5.44. The Labute approximate surface area is 354 Å². The molecule has 0 radical (unpaired) electrons. The van der Waals surface area contributed by atoms with Gasteiger partial charge in [-0.2, -0.15) is 0 Å². The van der Waals surface area contributed by atoms with Crippen molar-refractivity contribution in [3.63, 3.8) is 0 Å². The summed E-state index contributed by atoms with van der Waals surface area (Å²) >= 11 is 0. The molecule has 16 nitrogen and oxygen atoms in total. The molecule has 4 aliphatic heterocycles. The summed E-state index contributed by atoms with van der Waals surface area (Å²) in [6, 6.07) is 7.95. The second kappa shape index (κ2) is 18.8. The highest BCUT2D eigenvalue weighted by atomic mass is 32.2. The smallest absolute Gasteiger partial charge is 0.410 e. The van der Waals surface area contributed by atoms with Crippen LogP contribution in [0.2, 0.25) is 0 Å². The van der Waals surface area contributed by atoms with Gasteiger partial charge in [0.2, 0.25) is 11.8 Å². The minimum absolute atomic E-state index is 0.0275. The van der Waals surface area contributed by atoms with Crippen LogP contribution >= 0.6 is 0 Å². The van der Waals surface area contributed by atoms with E-state index >= 15 is 0 Å². The minimum atomic E-state index is -4.43. The fourth-order valence-corrected chi connectivity index (χ4v) is 10.00. The first-order valence-corrected chi connectivity index (χ1v) is 22.5. The second-order valence-corrected chi connectivity index (χ2v) is 18.1. The Morgan fingerprint density at radius 1 is 0.967 bits per heavy atom. The van der Waals surface area contributed by atoms with Gasteiger partial charge in [0.25, 0.3) is 15.9 Å². The van der Waals surface area contributed by atoms with Crippen LogP contribution in [0.25, 0.3) is 0 Å². The molecule has 7 rings (SSSR count). The van der Waals surface area contributed by atoms with Gasteiger partial charge in [0.1, 0.15) is 41.1 Å². The number of rotatable bonds is 5. The van der Waals surface area contributed by atoms with Gasteiger partial charge in [-0.1, -0.05) is 56.0 Å². The lowest BCUT2D eigenvalue weighted by Crippen LogP contribution is -2.59. The Morgan fingerprint density at radius 2 is 1.72 bits per heavy atom. The van der Waals surface area contributed by atoms with E-state index in [0.29, 0.717) is 68.8 Å². The lowest BCUT2D eigenvalue weighted by Gasteiger charge is -2.35. The summed E-state index contributed by atoms with van der Waals surface area (Å²) in [4.78, 5) is 76.4. The predicted octanol–water partition coefficient (Wildman–Crippen LogP) is 3.24. The summed E-state index contributed by atoms with van der Waals surface area (Å²) in [5.74, 6) is -3.46. The number of anilines is 1. The average Bonchev–Trinajstić information content (AvgIpc) is 3.53. The molecule has 2 aromatic carbocycles. The van der Waals surface area contributed by atoms with Crippen molar-refractivity contribution < 1.29 is 45.9 Å². The number of benzene rings is 2. The lowest BCUT2D eigenvalue weighted by molar-refractivity contribution is -0.141. The van der Waals surface area contributed by atoms with Gasteiger partial charge in [-0.3, -0.25) is 24.2 Å². The van der Waals surface area contributed by atoms with Crippen LogP contribution in [0, 0.1) is 11.7 Å². The van der Waals surface area contributed by atoms with Crippen molar-refractivity contribution >= 4 is 45.6 Å². The Bertz CT molecular complexity index is 2120. The van der Waals surface area contributed by atoms with Crippen LogP contribution in [-0.4, -0.2) is 134 Å². The van der Waals surface area contributed by atoms with E-state index in [0.717, 1.165) is 12.8 Å². The lowest BCUT2D eigenvalue weighted by atomic mass is 10.0. The molecule has 1 saturated carbocycles. The number of alkyl halides is 1. The third kappa shape index (κ3) is 9.77. The number of nitrogens with one attached hydrogen (secondary N) is 4. The summed E-state index contributed by atoms with van der Waals surface area (Å²) < 4.78 is 63.1. The Morgan fingerprint density at radius 3 is 2.46 bits per heavy atom. The Hall–Kier alpha value is -5.30. The molecule has 330 valence electrons. The number of carbonyl (C=O) groups is 5. The van der Waals surface area contributed by atoms with Crippen LogP contribution < -0.4 is 20.7 Å². The Kier molecular flexibility index (Phi) is 13.5. The average molecular weight is 869 g/mol. The molecule has 0 aromatic heterocycles. The number of halogens is 2. The monoisotopic (exact) mass is 868 g/mol. The molecule has 2 saturated heterocycles. The van der Waals surface area contributed by atoms with Gasteiger partial charge in [-0.05, 0) is 43.0 Å². The van der Waals surface area contributed by atoms with Crippen LogP contribution in [0.5, 0.6) is 0 Å².